The summed E-state index contributed by atoms with van der Waals surface area (Å²) in [6.07, 6.45) is 0. The molecule has 1 atom stereocenters. The number of hydrogen-bond acceptors (Lipinski definition) is 4. The summed E-state index contributed by atoms with van der Waals surface area (Å²) in [6.45, 7) is 3.31. The first-order valence-electron chi connectivity index (χ1n) is 8.02. The van der Waals surface area contributed by atoms with E-state index < -0.39 is 39.2 Å². The Kier molecular flexibility index (Phi) is 6.63. The average molecular weight is 398 g/mol. The molecule has 9 heteroatoms. The number of rotatable bonds is 7. The fraction of sp³-hybridized carbons (Fsp3) is 0.278. The summed E-state index contributed by atoms with van der Waals surface area (Å²) in [5.74, 6) is -2.32. The van der Waals surface area contributed by atoms with Crippen molar-refractivity contribution in [3.63, 3.8) is 0 Å². The number of hydrogen-bond donors (Lipinski definition) is 2. The van der Waals surface area contributed by atoms with Gasteiger partial charge in [0.1, 0.15) is 11.6 Å². The molecule has 0 saturated carbocycles. The molecule has 146 valence electrons. The van der Waals surface area contributed by atoms with Crippen molar-refractivity contribution in [2.45, 2.75) is 24.8 Å². The molecular weight excluding hydrogens is 378 g/mol. The second-order valence-corrected chi connectivity index (χ2v) is 7.75. The predicted molar refractivity (Wildman–Crippen MR) is 97.1 cm³/mol. The number of benzene rings is 2. The van der Waals surface area contributed by atoms with E-state index >= 15 is 0 Å². The molecule has 0 aliphatic heterocycles. The third-order valence-electron chi connectivity index (χ3n) is 3.70. The fourth-order valence-corrected chi connectivity index (χ4v) is 3.59. The van der Waals surface area contributed by atoms with E-state index in [0.29, 0.717) is 5.56 Å². The zero-order valence-corrected chi connectivity index (χ0v) is 15.9. The van der Waals surface area contributed by atoms with Crippen molar-refractivity contribution >= 4 is 21.6 Å². The van der Waals surface area contributed by atoms with Gasteiger partial charge in [0.15, 0.2) is 0 Å². The van der Waals surface area contributed by atoms with Crippen LogP contribution in [0, 0.1) is 18.6 Å². The van der Waals surface area contributed by atoms with Gasteiger partial charge in [-0.15, -0.1) is 0 Å². The lowest BCUT2D eigenvalue weighted by Crippen LogP contribution is -2.35. The highest BCUT2D eigenvalue weighted by Crippen LogP contribution is 2.19. The Morgan fingerprint density at radius 1 is 1.15 bits per heavy atom. The zero-order chi connectivity index (χ0) is 20.2. The summed E-state index contributed by atoms with van der Waals surface area (Å²) in [6, 6.07) is 6.38. The average Bonchev–Trinajstić information content (AvgIpc) is 2.58. The number of sulfonamides is 1. The number of ether oxygens (including phenoxy) is 1. The molecule has 2 aromatic carbocycles. The summed E-state index contributed by atoms with van der Waals surface area (Å²) < 4.78 is 59.6. The van der Waals surface area contributed by atoms with E-state index in [4.69, 9.17) is 4.74 Å². The lowest BCUT2D eigenvalue weighted by Gasteiger charge is -2.14. The fourth-order valence-electron chi connectivity index (χ4n) is 2.33. The van der Waals surface area contributed by atoms with Crippen LogP contribution in [0.3, 0.4) is 0 Å². The zero-order valence-electron chi connectivity index (χ0n) is 15.0. The van der Waals surface area contributed by atoms with Gasteiger partial charge in [-0.25, -0.2) is 21.9 Å². The van der Waals surface area contributed by atoms with E-state index in [1.165, 1.54) is 19.2 Å². The van der Waals surface area contributed by atoms with Crippen molar-refractivity contribution in [3.8, 4) is 0 Å². The SMILES string of the molecule is COC[C@@H](C)NS(=O)(=O)c1ccc(F)c(C(=O)Nc2ccc(C)c(F)c2)c1. The summed E-state index contributed by atoms with van der Waals surface area (Å²) in [5, 5.41) is 2.35. The van der Waals surface area contributed by atoms with Gasteiger partial charge in [-0.3, -0.25) is 4.79 Å². The van der Waals surface area contributed by atoms with E-state index in [1.54, 1.807) is 13.8 Å². The van der Waals surface area contributed by atoms with Crippen LogP contribution in [0.4, 0.5) is 14.5 Å². The van der Waals surface area contributed by atoms with E-state index in [9.17, 15) is 22.0 Å². The van der Waals surface area contributed by atoms with E-state index in [0.717, 1.165) is 24.3 Å². The molecule has 0 spiro atoms. The lowest BCUT2D eigenvalue weighted by atomic mass is 10.1. The molecule has 0 unspecified atom stereocenters. The van der Waals surface area contributed by atoms with Crippen molar-refractivity contribution in [2.75, 3.05) is 19.0 Å². The molecule has 0 aromatic heterocycles. The predicted octanol–water partition coefficient (Wildman–Crippen LogP) is 2.84. The Balaban J connectivity index is 2.28. The van der Waals surface area contributed by atoms with Crippen LogP contribution in [-0.2, 0) is 14.8 Å². The molecule has 2 rings (SSSR count). The molecule has 0 aliphatic carbocycles. The van der Waals surface area contributed by atoms with Crippen molar-refractivity contribution in [3.05, 3.63) is 59.2 Å². The van der Waals surface area contributed by atoms with Crippen LogP contribution in [0.15, 0.2) is 41.3 Å². The molecule has 0 saturated heterocycles. The van der Waals surface area contributed by atoms with Gasteiger partial charge in [0.25, 0.3) is 5.91 Å². The highest BCUT2D eigenvalue weighted by molar-refractivity contribution is 7.89. The summed E-state index contributed by atoms with van der Waals surface area (Å²) in [5.41, 5.74) is 0.0457. The van der Waals surface area contributed by atoms with Gasteiger partial charge in [-0.2, -0.15) is 0 Å². The first kappa shape index (κ1) is 20.9. The summed E-state index contributed by atoms with van der Waals surface area (Å²) in [4.78, 5) is 12.1. The third-order valence-corrected chi connectivity index (χ3v) is 5.28. The first-order chi connectivity index (χ1) is 12.6. The number of nitrogens with one attached hydrogen (secondary N) is 2. The standard InChI is InChI=1S/C18H20F2N2O4S/c1-11-4-5-13(8-17(11)20)21-18(23)15-9-14(6-7-16(15)19)27(24,25)22-12(2)10-26-3/h4-9,12,22H,10H2,1-3H3,(H,21,23)/t12-/m1/s1. The van der Waals surface area contributed by atoms with Crippen LogP contribution < -0.4 is 10.0 Å². The summed E-state index contributed by atoms with van der Waals surface area (Å²) >= 11 is 0. The number of amides is 1. The Bertz CT molecular complexity index is 948. The lowest BCUT2D eigenvalue weighted by molar-refractivity contribution is 0.102. The van der Waals surface area contributed by atoms with Gasteiger partial charge in [0.05, 0.1) is 17.1 Å². The van der Waals surface area contributed by atoms with Gasteiger partial charge in [-0.05, 0) is 49.7 Å². The van der Waals surface area contributed by atoms with Gasteiger partial charge in [0.2, 0.25) is 10.0 Å². The minimum absolute atomic E-state index is 0.127. The molecule has 1 amide bonds. The van der Waals surface area contributed by atoms with Crippen LogP contribution in [0.1, 0.15) is 22.8 Å². The highest BCUT2D eigenvalue weighted by atomic mass is 32.2. The largest absolute Gasteiger partial charge is 0.383 e. The maximum Gasteiger partial charge on any atom is 0.258 e. The van der Waals surface area contributed by atoms with Crippen LogP contribution >= 0.6 is 0 Å². The number of methoxy groups -OCH3 is 1. The molecule has 0 heterocycles. The Labute approximate surface area is 156 Å². The van der Waals surface area contributed by atoms with Gasteiger partial charge in [0, 0.05) is 18.8 Å². The molecule has 0 aliphatic rings. The number of anilines is 1. The van der Waals surface area contributed by atoms with Gasteiger partial charge in [-0.1, -0.05) is 6.07 Å². The molecular formula is C18H20F2N2O4S. The van der Waals surface area contributed by atoms with Crippen LogP contribution in [0.5, 0.6) is 0 Å². The molecule has 2 N–H and O–H groups in total. The quantitative estimate of drug-likeness (QED) is 0.751. The van der Waals surface area contributed by atoms with Crippen molar-refractivity contribution in [1.82, 2.24) is 4.72 Å². The highest BCUT2D eigenvalue weighted by Gasteiger charge is 2.21. The first-order valence-corrected chi connectivity index (χ1v) is 9.50. The third kappa shape index (κ3) is 5.31. The van der Waals surface area contributed by atoms with E-state index in [2.05, 4.69) is 10.0 Å². The normalized spacial score (nSPS) is 12.6. The molecule has 27 heavy (non-hydrogen) atoms. The maximum absolute atomic E-state index is 14.1. The van der Waals surface area contributed by atoms with Crippen LogP contribution in [-0.4, -0.2) is 34.1 Å². The molecule has 6 nitrogen and oxygen atoms in total. The second kappa shape index (κ2) is 8.55. The number of carbonyl (C=O) groups excluding carboxylic acids is 1. The van der Waals surface area contributed by atoms with Crippen LogP contribution in [0.25, 0.3) is 0 Å². The minimum Gasteiger partial charge on any atom is -0.383 e. The molecule has 0 fully saturated rings. The number of halogens is 2. The monoisotopic (exact) mass is 398 g/mol. The Morgan fingerprint density at radius 2 is 1.85 bits per heavy atom. The second-order valence-electron chi connectivity index (χ2n) is 6.04. The van der Waals surface area contributed by atoms with Crippen molar-refractivity contribution < 1.29 is 26.7 Å². The number of carbonyl (C=O) groups is 1. The van der Waals surface area contributed by atoms with E-state index in [1.807, 2.05) is 0 Å². The number of aryl methyl sites for hydroxylation is 1. The van der Waals surface area contributed by atoms with Gasteiger partial charge >= 0.3 is 0 Å². The van der Waals surface area contributed by atoms with E-state index in [-0.39, 0.29) is 17.2 Å². The molecule has 0 radical (unpaired) electrons. The topological polar surface area (TPSA) is 84.5 Å². The molecule has 0 bridgehead atoms. The van der Waals surface area contributed by atoms with Crippen molar-refractivity contribution in [2.24, 2.45) is 0 Å². The Morgan fingerprint density at radius 3 is 2.48 bits per heavy atom. The van der Waals surface area contributed by atoms with Crippen molar-refractivity contribution in [1.29, 1.82) is 0 Å². The Hall–Kier alpha value is -2.36. The van der Waals surface area contributed by atoms with Gasteiger partial charge < -0.3 is 10.1 Å². The maximum atomic E-state index is 14.1. The van der Waals surface area contributed by atoms with Crippen LogP contribution in [0.2, 0.25) is 0 Å². The minimum atomic E-state index is -3.98. The smallest absolute Gasteiger partial charge is 0.258 e. The molecule has 2 aromatic rings. The summed E-state index contributed by atoms with van der Waals surface area (Å²) in [7, 11) is -2.55.